The molecule has 152 valence electrons. The number of rotatable bonds is 6. The summed E-state index contributed by atoms with van der Waals surface area (Å²) in [6.45, 7) is 1.37. The van der Waals surface area contributed by atoms with Crippen LogP contribution in [0.5, 0.6) is 0 Å². The standard InChI is InChI=1S/C21H23F2N5O/c1-27-12-17(10-26-27)16-6-15-7-18(24-11-20(15)25-9-16)8-19(29)13-28-4-2-14(3-5-28)21(22)23/h6-7,9-12,14,21H,2-5,8,13H2,1H3. The Morgan fingerprint density at radius 1 is 1.14 bits per heavy atom. The molecule has 0 bridgehead atoms. The number of pyridine rings is 2. The summed E-state index contributed by atoms with van der Waals surface area (Å²) in [5.41, 5.74) is 3.39. The SMILES string of the molecule is Cn1cc(-c2cnc3cnc(CC(=O)CN4CCC(C(F)F)CC4)cc3c2)cn1. The van der Waals surface area contributed by atoms with E-state index in [4.69, 9.17) is 0 Å². The first-order chi connectivity index (χ1) is 14.0. The molecular formula is C21H23F2N5O. The number of nitrogens with zero attached hydrogens (tertiary/aromatic N) is 5. The molecule has 0 aliphatic carbocycles. The Balaban J connectivity index is 1.42. The monoisotopic (exact) mass is 399 g/mol. The van der Waals surface area contributed by atoms with Crippen molar-refractivity contribution in [3.05, 3.63) is 42.6 Å². The Hall–Kier alpha value is -2.74. The number of carbonyl (C=O) groups excluding carboxylic acids is 1. The van der Waals surface area contributed by atoms with Gasteiger partial charge in [0, 0.05) is 47.6 Å². The van der Waals surface area contributed by atoms with E-state index in [2.05, 4.69) is 15.1 Å². The largest absolute Gasteiger partial charge is 0.298 e. The second-order valence-electron chi connectivity index (χ2n) is 7.66. The minimum absolute atomic E-state index is 0.0451. The van der Waals surface area contributed by atoms with Crippen molar-refractivity contribution in [1.29, 1.82) is 0 Å². The molecule has 1 fully saturated rings. The number of hydrogen-bond acceptors (Lipinski definition) is 5. The van der Waals surface area contributed by atoms with Crippen LogP contribution in [0.3, 0.4) is 0 Å². The summed E-state index contributed by atoms with van der Waals surface area (Å²) in [5.74, 6) is -0.492. The van der Waals surface area contributed by atoms with Crippen molar-refractivity contribution in [1.82, 2.24) is 24.6 Å². The van der Waals surface area contributed by atoms with Gasteiger partial charge in [0.15, 0.2) is 5.78 Å². The molecule has 8 heteroatoms. The summed E-state index contributed by atoms with van der Waals surface area (Å²) in [6.07, 6.45) is 6.02. The van der Waals surface area contributed by atoms with Crippen LogP contribution in [0.1, 0.15) is 18.5 Å². The Bertz CT molecular complexity index is 1010. The highest BCUT2D eigenvalue weighted by molar-refractivity contribution is 5.86. The Labute approximate surface area is 167 Å². The van der Waals surface area contributed by atoms with Crippen molar-refractivity contribution in [2.45, 2.75) is 25.7 Å². The minimum atomic E-state index is -2.26. The van der Waals surface area contributed by atoms with Crippen molar-refractivity contribution < 1.29 is 13.6 Å². The zero-order chi connectivity index (χ0) is 20.4. The lowest BCUT2D eigenvalue weighted by Gasteiger charge is -2.30. The van der Waals surface area contributed by atoms with Crippen molar-refractivity contribution in [2.75, 3.05) is 19.6 Å². The fourth-order valence-electron chi connectivity index (χ4n) is 3.77. The number of aryl methyl sites for hydroxylation is 1. The molecule has 0 spiro atoms. The molecule has 3 aromatic rings. The van der Waals surface area contributed by atoms with Gasteiger partial charge in [0.2, 0.25) is 6.43 Å². The molecule has 0 N–H and O–H groups in total. The summed E-state index contributed by atoms with van der Waals surface area (Å²) in [7, 11) is 1.86. The zero-order valence-corrected chi connectivity index (χ0v) is 16.3. The van der Waals surface area contributed by atoms with Crippen molar-refractivity contribution in [3.8, 4) is 11.1 Å². The fourth-order valence-corrected chi connectivity index (χ4v) is 3.77. The predicted molar refractivity (Wildman–Crippen MR) is 106 cm³/mol. The van der Waals surface area contributed by atoms with Crippen molar-refractivity contribution >= 4 is 16.7 Å². The molecule has 1 aliphatic heterocycles. The van der Waals surface area contributed by atoms with Crippen LogP contribution in [0.25, 0.3) is 22.0 Å². The maximum absolute atomic E-state index is 12.8. The molecule has 0 atom stereocenters. The third kappa shape index (κ3) is 4.64. The quantitative estimate of drug-likeness (QED) is 0.637. The van der Waals surface area contributed by atoms with Crippen LogP contribution in [-0.4, -0.2) is 56.5 Å². The number of likely N-dealkylation sites (tertiary alicyclic amines) is 1. The molecule has 6 nitrogen and oxygen atoms in total. The van der Waals surface area contributed by atoms with Crippen molar-refractivity contribution in [3.63, 3.8) is 0 Å². The van der Waals surface area contributed by atoms with E-state index in [9.17, 15) is 13.6 Å². The molecule has 0 aromatic carbocycles. The van der Waals surface area contributed by atoms with Crippen LogP contribution in [-0.2, 0) is 18.3 Å². The number of alkyl halides is 2. The van der Waals surface area contributed by atoms with Gasteiger partial charge in [-0.3, -0.25) is 24.3 Å². The molecule has 0 unspecified atom stereocenters. The number of piperidine rings is 1. The first-order valence-corrected chi connectivity index (χ1v) is 9.74. The molecule has 1 aliphatic rings. The van der Waals surface area contributed by atoms with E-state index in [1.54, 1.807) is 23.3 Å². The number of Topliss-reactive ketones (excluding diaryl/α,β-unsaturated/α-hetero) is 1. The Morgan fingerprint density at radius 3 is 2.62 bits per heavy atom. The number of aromatic nitrogens is 4. The van der Waals surface area contributed by atoms with E-state index in [1.807, 2.05) is 30.3 Å². The van der Waals surface area contributed by atoms with Gasteiger partial charge >= 0.3 is 0 Å². The van der Waals surface area contributed by atoms with Crippen molar-refractivity contribution in [2.24, 2.45) is 13.0 Å². The first-order valence-electron chi connectivity index (χ1n) is 9.74. The van der Waals surface area contributed by atoms with E-state index in [0.29, 0.717) is 31.6 Å². The van der Waals surface area contributed by atoms with Crippen LogP contribution in [0.2, 0.25) is 0 Å². The predicted octanol–water partition coefficient (Wildman–Crippen LogP) is 3.12. The van der Waals surface area contributed by atoms with E-state index in [0.717, 1.165) is 22.0 Å². The van der Waals surface area contributed by atoms with E-state index in [1.165, 1.54) is 0 Å². The lowest BCUT2D eigenvalue weighted by molar-refractivity contribution is -0.120. The third-order valence-corrected chi connectivity index (χ3v) is 5.43. The summed E-state index contributed by atoms with van der Waals surface area (Å²) >= 11 is 0. The Kier molecular flexibility index (Phi) is 5.62. The molecule has 3 aromatic heterocycles. The number of fused-ring (bicyclic) bond motifs is 1. The highest BCUT2D eigenvalue weighted by Gasteiger charge is 2.26. The molecular weight excluding hydrogens is 376 g/mol. The van der Waals surface area contributed by atoms with Gasteiger partial charge in [-0.2, -0.15) is 5.10 Å². The van der Waals surface area contributed by atoms with Gasteiger partial charge in [-0.05, 0) is 38.1 Å². The first kappa shape index (κ1) is 19.6. The van der Waals surface area contributed by atoms with Gasteiger partial charge in [0.1, 0.15) is 0 Å². The zero-order valence-electron chi connectivity index (χ0n) is 16.3. The second-order valence-corrected chi connectivity index (χ2v) is 7.66. The Morgan fingerprint density at radius 2 is 1.93 bits per heavy atom. The van der Waals surface area contributed by atoms with E-state index >= 15 is 0 Å². The summed E-state index contributed by atoms with van der Waals surface area (Å²) in [6, 6.07) is 3.91. The number of halogens is 2. The lowest BCUT2D eigenvalue weighted by atomic mass is 9.97. The van der Waals surface area contributed by atoms with Gasteiger partial charge in [-0.1, -0.05) is 0 Å². The average molecular weight is 399 g/mol. The normalized spacial score (nSPS) is 16.0. The van der Waals surface area contributed by atoms with Gasteiger partial charge < -0.3 is 0 Å². The van der Waals surface area contributed by atoms with Crippen LogP contribution in [0.4, 0.5) is 8.78 Å². The van der Waals surface area contributed by atoms with Crippen LogP contribution in [0, 0.1) is 5.92 Å². The summed E-state index contributed by atoms with van der Waals surface area (Å²) in [5, 5.41) is 5.10. The number of ketones is 1. The maximum atomic E-state index is 12.8. The van der Waals surface area contributed by atoms with E-state index in [-0.39, 0.29) is 18.7 Å². The van der Waals surface area contributed by atoms with Crippen LogP contribution in [0.15, 0.2) is 36.9 Å². The van der Waals surface area contributed by atoms with E-state index < -0.39 is 12.3 Å². The molecule has 29 heavy (non-hydrogen) atoms. The topological polar surface area (TPSA) is 63.9 Å². The molecule has 1 saturated heterocycles. The average Bonchev–Trinajstić information content (AvgIpc) is 3.14. The van der Waals surface area contributed by atoms with Gasteiger partial charge in [0.25, 0.3) is 0 Å². The molecule has 0 saturated carbocycles. The second kappa shape index (κ2) is 8.32. The lowest BCUT2D eigenvalue weighted by Crippen LogP contribution is -2.39. The molecule has 0 radical (unpaired) electrons. The van der Waals surface area contributed by atoms with Gasteiger partial charge in [0.05, 0.1) is 30.9 Å². The van der Waals surface area contributed by atoms with Crippen LogP contribution < -0.4 is 0 Å². The highest BCUT2D eigenvalue weighted by Crippen LogP contribution is 2.24. The number of hydrogen-bond donors (Lipinski definition) is 0. The highest BCUT2D eigenvalue weighted by atomic mass is 19.3. The maximum Gasteiger partial charge on any atom is 0.241 e. The number of carbonyl (C=O) groups is 1. The molecule has 4 heterocycles. The van der Waals surface area contributed by atoms with Gasteiger partial charge in [-0.15, -0.1) is 0 Å². The molecule has 0 amide bonds. The fraction of sp³-hybridized carbons (Fsp3) is 0.429. The minimum Gasteiger partial charge on any atom is -0.298 e. The third-order valence-electron chi connectivity index (χ3n) is 5.43. The summed E-state index contributed by atoms with van der Waals surface area (Å²) < 4.78 is 27.3. The van der Waals surface area contributed by atoms with Crippen LogP contribution >= 0.6 is 0 Å². The smallest absolute Gasteiger partial charge is 0.241 e. The summed E-state index contributed by atoms with van der Waals surface area (Å²) in [4.78, 5) is 23.2. The van der Waals surface area contributed by atoms with Gasteiger partial charge in [-0.25, -0.2) is 8.78 Å². The molecule has 4 rings (SSSR count).